The number of nitrogens with zero attached hydrogens (tertiary/aromatic N) is 1. The van der Waals surface area contributed by atoms with Crippen LogP contribution in [0.3, 0.4) is 0 Å². The molecule has 2 heterocycles. The Labute approximate surface area is 128 Å². The quantitative estimate of drug-likeness (QED) is 0.758. The van der Waals surface area contributed by atoms with Crippen LogP contribution in [-0.2, 0) is 0 Å². The van der Waals surface area contributed by atoms with Crippen molar-refractivity contribution in [3.05, 3.63) is 53.5 Å². The van der Waals surface area contributed by atoms with Crippen LogP contribution in [0.2, 0.25) is 0 Å². The van der Waals surface area contributed by atoms with Gasteiger partial charge in [0.15, 0.2) is 0 Å². The predicted molar refractivity (Wildman–Crippen MR) is 89.6 cm³/mol. The van der Waals surface area contributed by atoms with Gasteiger partial charge in [-0.05, 0) is 44.0 Å². The number of para-hydroxylation sites is 1. The standard InChI is InChI=1S/C18H18N2S/c1-19-18(13-7-8-13)16-10-9-15(21-16)14-6-2-4-12-5-3-11-20-17(12)14/h2-6,9-11,13,18-19H,7-8H2,1H3. The Kier molecular flexibility index (Phi) is 3.24. The highest BCUT2D eigenvalue weighted by Crippen LogP contribution is 2.44. The van der Waals surface area contributed by atoms with Gasteiger partial charge in [-0.25, -0.2) is 0 Å². The second kappa shape index (κ2) is 5.24. The third-order valence-electron chi connectivity index (χ3n) is 4.24. The summed E-state index contributed by atoms with van der Waals surface area (Å²) >= 11 is 1.90. The molecule has 1 unspecified atom stereocenters. The van der Waals surface area contributed by atoms with Crippen LogP contribution >= 0.6 is 11.3 Å². The van der Waals surface area contributed by atoms with Crippen molar-refractivity contribution < 1.29 is 0 Å². The summed E-state index contributed by atoms with van der Waals surface area (Å²) < 4.78 is 0. The molecule has 1 N–H and O–H groups in total. The largest absolute Gasteiger partial charge is 0.312 e. The summed E-state index contributed by atoms with van der Waals surface area (Å²) in [5.41, 5.74) is 2.34. The Balaban J connectivity index is 1.77. The molecule has 1 aromatic carbocycles. The molecule has 0 amide bonds. The van der Waals surface area contributed by atoms with Gasteiger partial charge in [0.1, 0.15) is 0 Å². The van der Waals surface area contributed by atoms with Gasteiger partial charge >= 0.3 is 0 Å². The zero-order chi connectivity index (χ0) is 14.2. The molecule has 2 nitrogen and oxygen atoms in total. The number of thiophene rings is 1. The zero-order valence-corrected chi connectivity index (χ0v) is 12.9. The van der Waals surface area contributed by atoms with E-state index in [0.717, 1.165) is 11.4 Å². The fourth-order valence-corrected chi connectivity index (χ4v) is 4.25. The number of aromatic nitrogens is 1. The first-order valence-electron chi connectivity index (χ1n) is 7.48. The molecule has 1 atom stereocenters. The van der Waals surface area contributed by atoms with Gasteiger partial charge in [-0.1, -0.05) is 24.3 Å². The van der Waals surface area contributed by atoms with Crippen molar-refractivity contribution in [3.8, 4) is 10.4 Å². The molecule has 1 saturated carbocycles. The number of pyridine rings is 1. The summed E-state index contributed by atoms with van der Waals surface area (Å²) in [4.78, 5) is 7.33. The maximum atomic E-state index is 4.57. The van der Waals surface area contributed by atoms with Crippen molar-refractivity contribution in [2.45, 2.75) is 18.9 Å². The van der Waals surface area contributed by atoms with E-state index < -0.39 is 0 Å². The van der Waals surface area contributed by atoms with Crippen molar-refractivity contribution >= 4 is 22.2 Å². The maximum Gasteiger partial charge on any atom is 0.0788 e. The Morgan fingerprint density at radius 1 is 1.14 bits per heavy atom. The van der Waals surface area contributed by atoms with E-state index in [1.807, 2.05) is 23.6 Å². The average Bonchev–Trinajstić information content (AvgIpc) is 3.25. The van der Waals surface area contributed by atoms with Crippen LogP contribution in [0.25, 0.3) is 21.3 Å². The first-order chi connectivity index (χ1) is 10.4. The summed E-state index contributed by atoms with van der Waals surface area (Å²) in [5.74, 6) is 0.826. The van der Waals surface area contributed by atoms with Crippen LogP contribution in [0.4, 0.5) is 0 Å². The SMILES string of the molecule is CNC(c1ccc(-c2cccc3cccnc23)s1)C1CC1. The van der Waals surface area contributed by atoms with Crippen LogP contribution in [0.15, 0.2) is 48.7 Å². The Hall–Kier alpha value is -1.71. The van der Waals surface area contributed by atoms with Gasteiger partial charge in [0.05, 0.1) is 5.52 Å². The third kappa shape index (κ3) is 2.37. The minimum absolute atomic E-state index is 0.520. The fourth-order valence-electron chi connectivity index (χ4n) is 3.01. The first-order valence-corrected chi connectivity index (χ1v) is 8.29. The lowest BCUT2D eigenvalue weighted by Crippen LogP contribution is -2.16. The smallest absolute Gasteiger partial charge is 0.0788 e. The van der Waals surface area contributed by atoms with Gasteiger partial charge in [0.25, 0.3) is 0 Å². The summed E-state index contributed by atoms with van der Waals surface area (Å²) in [6.45, 7) is 0. The van der Waals surface area contributed by atoms with Gasteiger partial charge < -0.3 is 5.32 Å². The number of rotatable bonds is 4. The summed E-state index contributed by atoms with van der Waals surface area (Å²) in [5, 5.41) is 4.68. The lowest BCUT2D eigenvalue weighted by Gasteiger charge is -2.12. The lowest BCUT2D eigenvalue weighted by molar-refractivity contribution is 0.537. The molecule has 0 spiro atoms. The van der Waals surface area contributed by atoms with Gasteiger partial charge in [0.2, 0.25) is 0 Å². The van der Waals surface area contributed by atoms with Crippen molar-refractivity contribution in [2.24, 2.45) is 5.92 Å². The Morgan fingerprint density at radius 2 is 2.00 bits per heavy atom. The molecule has 1 aliphatic rings. The molecular formula is C18H18N2S. The molecule has 21 heavy (non-hydrogen) atoms. The van der Waals surface area contributed by atoms with E-state index >= 15 is 0 Å². The minimum atomic E-state index is 0.520. The van der Waals surface area contributed by atoms with Crippen molar-refractivity contribution in [2.75, 3.05) is 7.05 Å². The predicted octanol–water partition coefficient (Wildman–Crippen LogP) is 4.63. The summed E-state index contributed by atoms with van der Waals surface area (Å²) in [6.07, 6.45) is 4.59. The molecule has 0 bridgehead atoms. The van der Waals surface area contributed by atoms with E-state index in [9.17, 15) is 0 Å². The molecular weight excluding hydrogens is 276 g/mol. The Bertz CT molecular complexity index is 768. The number of fused-ring (bicyclic) bond motifs is 1. The summed E-state index contributed by atoms with van der Waals surface area (Å²) in [6, 6.07) is 15.6. The Morgan fingerprint density at radius 3 is 2.81 bits per heavy atom. The first kappa shape index (κ1) is 13.0. The van der Waals surface area contributed by atoms with Crippen LogP contribution in [0.5, 0.6) is 0 Å². The normalized spacial score (nSPS) is 16.2. The van der Waals surface area contributed by atoms with Crippen LogP contribution in [-0.4, -0.2) is 12.0 Å². The molecule has 2 aromatic heterocycles. The molecule has 1 fully saturated rings. The van der Waals surface area contributed by atoms with Crippen LogP contribution < -0.4 is 5.32 Å². The topological polar surface area (TPSA) is 24.9 Å². The molecule has 1 aliphatic carbocycles. The van der Waals surface area contributed by atoms with E-state index in [0.29, 0.717) is 6.04 Å². The lowest BCUT2D eigenvalue weighted by atomic mass is 10.1. The van der Waals surface area contributed by atoms with E-state index in [-0.39, 0.29) is 0 Å². The highest BCUT2D eigenvalue weighted by molar-refractivity contribution is 7.15. The fraction of sp³-hybridized carbons (Fsp3) is 0.278. The van der Waals surface area contributed by atoms with E-state index in [1.165, 1.54) is 33.5 Å². The molecule has 0 saturated heterocycles. The van der Waals surface area contributed by atoms with Crippen molar-refractivity contribution in [3.63, 3.8) is 0 Å². The van der Waals surface area contributed by atoms with Gasteiger partial charge in [0, 0.05) is 32.9 Å². The third-order valence-corrected chi connectivity index (χ3v) is 5.44. The summed E-state index contributed by atoms with van der Waals surface area (Å²) in [7, 11) is 2.07. The number of hydrogen-bond donors (Lipinski definition) is 1. The van der Waals surface area contributed by atoms with Gasteiger partial charge in [-0.3, -0.25) is 4.98 Å². The highest BCUT2D eigenvalue weighted by atomic mass is 32.1. The molecule has 3 aromatic rings. The maximum absolute atomic E-state index is 4.57. The van der Waals surface area contributed by atoms with Gasteiger partial charge in [-0.15, -0.1) is 11.3 Å². The van der Waals surface area contributed by atoms with Crippen LogP contribution in [0.1, 0.15) is 23.8 Å². The molecule has 106 valence electrons. The van der Waals surface area contributed by atoms with E-state index in [1.54, 1.807) is 0 Å². The number of benzene rings is 1. The minimum Gasteiger partial charge on any atom is -0.312 e. The van der Waals surface area contributed by atoms with E-state index in [4.69, 9.17) is 0 Å². The highest BCUT2D eigenvalue weighted by Gasteiger charge is 2.32. The number of hydrogen-bond acceptors (Lipinski definition) is 3. The van der Waals surface area contributed by atoms with Crippen molar-refractivity contribution in [1.29, 1.82) is 0 Å². The average molecular weight is 294 g/mol. The van der Waals surface area contributed by atoms with Crippen LogP contribution in [0, 0.1) is 5.92 Å². The number of nitrogens with one attached hydrogen (secondary N) is 1. The zero-order valence-electron chi connectivity index (χ0n) is 12.0. The molecule has 0 aliphatic heterocycles. The molecule has 3 heteroatoms. The molecule has 0 radical (unpaired) electrons. The van der Waals surface area contributed by atoms with Gasteiger partial charge in [-0.2, -0.15) is 0 Å². The van der Waals surface area contributed by atoms with E-state index in [2.05, 4.69) is 53.7 Å². The van der Waals surface area contributed by atoms with Crippen molar-refractivity contribution in [1.82, 2.24) is 10.3 Å². The monoisotopic (exact) mass is 294 g/mol. The second-order valence-electron chi connectivity index (χ2n) is 5.69. The molecule has 4 rings (SSSR count). The second-order valence-corrected chi connectivity index (χ2v) is 6.80.